The Labute approximate surface area is 187 Å². The summed E-state index contributed by atoms with van der Waals surface area (Å²) in [4.78, 5) is 10.9. The monoisotopic (exact) mass is 427 g/mol. The number of nitrogens with one attached hydrogen (secondary N) is 1. The van der Waals surface area contributed by atoms with Crippen molar-refractivity contribution in [1.29, 1.82) is 0 Å². The molecule has 4 heteroatoms. The first-order valence-electron chi connectivity index (χ1n) is 13.3. The number of carbonyl (C=O) groups excluding carboxylic acids is 1. The third kappa shape index (κ3) is 25.4. The fourth-order valence-electron chi connectivity index (χ4n) is 4.17. The molecule has 3 N–H and O–H groups in total. The van der Waals surface area contributed by atoms with Gasteiger partial charge in [-0.15, -0.1) is 0 Å². The first-order valence-corrected chi connectivity index (χ1v) is 13.3. The van der Waals surface area contributed by atoms with Gasteiger partial charge in [-0.25, -0.2) is 5.48 Å². The van der Waals surface area contributed by atoms with Gasteiger partial charge >= 0.3 is 0 Å². The summed E-state index contributed by atoms with van der Waals surface area (Å²) in [5, 5.41) is 17.2. The molecular formula is C26H53NO3. The van der Waals surface area contributed by atoms with Crippen LogP contribution in [0.1, 0.15) is 154 Å². The average molecular weight is 428 g/mol. The molecule has 0 aromatic heterocycles. The van der Waals surface area contributed by atoms with Crippen molar-refractivity contribution in [1.82, 2.24) is 5.48 Å². The van der Waals surface area contributed by atoms with Gasteiger partial charge in [0.05, 0.1) is 0 Å². The molecule has 0 spiro atoms. The summed E-state index contributed by atoms with van der Waals surface area (Å²) in [6, 6.07) is 0. The lowest BCUT2D eigenvalue weighted by Gasteiger charge is -2.04. The summed E-state index contributed by atoms with van der Waals surface area (Å²) in [6.07, 6.45) is 30.9. The Balaban J connectivity index is 3.01. The van der Waals surface area contributed by atoms with Crippen LogP contribution >= 0.6 is 0 Å². The molecule has 180 valence electrons. The van der Waals surface area contributed by atoms with Crippen LogP contribution in [0.15, 0.2) is 0 Å². The van der Waals surface area contributed by atoms with Crippen LogP contribution in [0.5, 0.6) is 0 Å². The molecule has 0 atom stereocenters. The molecule has 0 heterocycles. The molecule has 0 saturated heterocycles. The Morgan fingerprint density at radius 3 is 0.900 bits per heavy atom. The van der Waals surface area contributed by atoms with Crippen molar-refractivity contribution in [2.24, 2.45) is 0 Å². The number of unbranched alkanes of at least 4 members (excludes halogenated alkanes) is 22. The first kappa shape index (κ1) is 29.4. The van der Waals surface area contributed by atoms with Gasteiger partial charge in [-0.3, -0.25) is 10.0 Å². The van der Waals surface area contributed by atoms with E-state index in [-0.39, 0.29) is 5.91 Å². The molecule has 30 heavy (non-hydrogen) atoms. The molecule has 0 unspecified atom stereocenters. The maximum Gasteiger partial charge on any atom is 0.243 e. The Kier molecular flexibility index (Phi) is 25.9. The van der Waals surface area contributed by atoms with E-state index < -0.39 is 0 Å². The second-order valence-corrected chi connectivity index (χ2v) is 9.14. The van der Waals surface area contributed by atoms with Crippen LogP contribution in [-0.4, -0.2) is 22.8 Å². The van der Waals surface area contributed by atoms with E-state index in [1.54, 1.807) is 5.48 Å². The third-order valence-electron chi connectivity index (χ3n) is 6.19. The number of hydrogen-bond acceptors (Lipinski definition) is 3. The van der Waals surface area contributed by atoms with E-state index in [4.69, 9.17) is 10.3 Å². The van der Waals surface area contributed by atoms with Crippen molar-refractivity contribution in [3.63, 3.8) is 0 Å². The number of hydrogen-bond donors (Lipinski definition) is 3. The summed E-state index contributed by atoms with van der Waals surface area (Å²) in [5.74, 6) is -0.261. The van der Waals surface area contributed by atoms with Gasteiger partial charge in [-0.1, -0.05) is 135 Å². The van der Waals surface area contributed by atoms with E-state index in [0.717, 1.165) is 19.3 Å². The largest absolute Gasteiger partial charge is 0.396 e. The topological polar surface area (TPSA) is 69.6 Å². The van der Waals surface area contributed by atoms with Crippen molar-refractivity contribution in [2.45, 2.75) is 154 Å². The molecule has 1 amide bonds. The smallest absolute Gasteiger partial charge is 0.243 e. The number of aliphatic hydroxyl groups is 1. The highest BCUT2D eigenvalue weighted by Gasteiger charge is 1.98. The van der Waals surface area contributed by atoms with Crippen LogP contribution in [0.25, 0.3) is 0 Å². The second-order valence-electron chi connectivity index (χ2n) is 9.14. The van der Waals surface area contributed by atoms with Gasteiger partial charge < -0.3 is 5.11 Å². The van der Waals surface area contributed by atoms with Crippen LogP contribution < -0.4 is 5.48 Å². The van der Waals surface area contributed by atoms with Gasteiger partial charge in [0.1, 0.15) is 0 Å². The Morgan fingerprint density at radius 1 is 0.433 bits per heavy atom. The zero-order valence-corrected chi connectivity index (χ0v) is 20.0. The molecule has 0 aliphatic carbocycles. The quantitative estimate of drug-likeness (QED) is 0.0789. The van der Waals surface area contributed by atoms with E-state index in [1.807, 2.05) is 0 Å². The zero-order valence-electron chi connectivity index (χ0n) is 20.0. The standard InChI is InChI=1S/C26H53NO3/c28-25-23-21-19-17-15-13-11-9-7-5-3-1-2-4-6-8-10-12-14-16-18-20-22-24-26(29)27-30/h28,30H,1-25H2,(H,27,29). The van der Waals surface area contributed by atoms with Crippen molar-refractivity contribution in [3.8, 4) is 0 Å². The van der Waals surface area contributed by atoms with Crippen LogP contribution in [0.3, 0.4) is 0 Å². The Morgan fingerprint density at radius 2 is 0.667 bits per heavy atom. The molecule has 0 aliphatic heterocycles. The predicted molar refractivity (Wildman–Crippen MR) is 128 cm³/mol. The second kappa shape index (κ2) is 26.4. The molecule has 0 fully saturated rings. The minimum absolute atomic E-state index is 0.261. The number of carbonyl (C=O) groups is 1. The molecule has 0 saturated carbocycles. The zero-order chi connectivity index (χ0) is 22.0. The normalized spacial score (nSPS) is 11.1. The highest BCUT2D eigenvalue weighted by atomic mass is 16.5. The summed E-state index contributed by atoms with van der Waals surface area (Å²) in [6.45, 7) is 0.360. The maximum absolute atomic E-state index is 10.9. The summed E-state index contributed by atoms with van der Waals surface area (Å²) < 4.78 is 0. The van der Waals surface area contributed by atoms with Gasteiger partial charge in [-0.05, 0) is 12.8 Å². The highest BCUT2D eigenvalue weighted by Crippen LogP contribution is 2.15. The lowest BCUT2D eigenvalue weighted by Crippen LogP contribution is -2.17. The number of aliphatic hydroxyl groups excluding tert-OH is 1. The van der Waals surface area contributed by atoms with Gasteiger partial charge in [0.15, 0.2) is 0 Å². The molecule has 0 rings (SSSR count). The molecule has 4 nitrogen and oxygen atoms in total. The van der Waals surface area contributed by atoms with Gasteiger partial charge in [0.25, 0.3) is 0 Å². The van der Waals surface area contributed by atoms with Crippen molar-refractivity contribution in [2.75, 3.05) is 6.61 Å². The van der Waals surface area contributed by atoms with Gasteiger partial charge in [-0.2, -0.15) is 0 Å². The van der Waals surface area contributed by atoms with Crippen LogP contribution in [0, 0.1) is 0 Å². The van der Waals surface area contributed by atoms with E-state index >= 15 is 0 Å². The average Bonchev–Trinajstić information content (AvgIpc) is 2.76. The number of rotatable bonds is 25. The van der Waals surface area contributed by atoms with Crippen molar-refractivity contribution in [3.05, 3.63) is 0 Å². The number of hydroxylamine groups is 1. The lowest BCUT2D eigenvalue weighted by atomic mass is 10.0. The molecule has 0 aliphatic rings. The minimum atomic E-state index is -0.261. The summed E-state index contributed by atoms with van der Waals surface area (Å²) in [5.41, 5.74) is 1.69. The molecule has 0 aromatic rings. The maximum atomic E-state index is 10.9. The van der Waals surface area contributed by atoms with Gasteiger partial charge in [0.2, 0.25) is 5.91 Å². The van der Waals surface area contributed by atoms with E-state index in [9.17, 15) is 4.79 Å². The summed E-state index contributed by atoms with van der Waals surface area (Å²) in [7, 11) is 0. The highest BCUT2D eigenvalue weighted by molar-refractivity contribution is 5.74. The molecule has 0 bridgehead atoms. The molecular weight excluding hydrogens is 374 g/mol. The molecule has 0 aromatic carbocycles. The van der Waals surface area contributed by atoms with Gasteiger partial charge in [0, 0.05) is 13.0 Å². The van der Waals surface area contributed by atoms with Crippen LogP contribution in [-0.2, 0) is 4.79 Å². The van der Waals surface area contributed by atoms with Crippen molar-refractivity contribution >= 4 is 5.91 Å². The fourth-order valence-corrected chi connectivity index (χ4v) is 4.17. The van der Waals surface area contributed by atoms with Crippen LogP contribution in [0.4, 0.5) is 0 Å². The molecule has 0 radical (unpaired) electrons. The van der Waals surface area contributed by atoms with E-state index in [1.165, 1.54) is 128 Å². The Hall–Kier alpha value is -0.610. The fraction of sp³-hybridized carbons (Fsp3) is 0.962. The van der Waals surface area contributed by atoms with Crippen LogP contribution in [0.2, 0.25) is 0 Å². The minimum Gasteiger partial charge on any atom is -0.396 e. The predicted octanol–water partition coefficient (Wildman–Crippen LogP) is 7.85. The SMILES string of the molecule is O=C(CCCCCCCCCCCCCCCCCCCCCCCCCO)NO. The first-order chi connectivity index (χ1) is 14.8. The third-order valence-corrected chi connectivity index (χ3v) is 6.19. The number of amides is 1. The van der Waals surface area contributed by atoms with Crippen molar-refractivity contribution < 1.29 is 15.1 Å². The Bertz CT molecular complexity index is 336. The van der Waals surface area contributed by atoms with E-state index in [2.05, 4.69) is 0 Å². The summed E-state index contributed by atoms with van der Waals surface area (Å²) >= 11 is 0. The van der Waals surface area contributed by atoms with E-state index in [0.29, 0.717) is 13.0 Å². The lowest BCUT2D eigenvalue weighted by molar-refractivity contribution is -0.129.